The maximum atomic E-state index is 12.7. The van der Waals surface area contributed by atoms with Crippen LogP contribution in [0.25, 0.3) is 0 Å². The van der Waals surface area contributed by atoms with Crippen molar-refractivity contribution in [1.82, 2.24) is 20.2 Å². The normalized spacial score (nSPS) is 24.2. The van der Waals surface area contributed by atoms with Crippen LogP contribution in [0.1, 0.15) is 48.2 Å². The van der Waals surface area contributed by atoms with Crippen molar-refractivity contribution in [3.63, 3.8) is 0 Å². The summed E-state index contributed by atoms with van der Waals surface area (Å²) < 4.78 is 0. The molecule has 0 saturated carbocycles. The monoisotopic (exact) mass is 329 g/mol. The van der Waals surface area contributed by atoms with Gasteiger partial charge in [0.1, 0.15) is 11.7 Å². The van der Waals surface area contributed by atoms with Crippen LogP contribution in [-0.2, 0) is 16.1 Å². The molecule has 8 nitrogen and oxygen atoms in total. The maximum Gasteiger partial charge on any atom is 0.274 e. The van der Waals surface area contributed by atoms with Crippen molar-refractivity contribution >= 4 is 23.7 Å². The molecule has 3 aliphatic heterocycles. The quantitative estimate of drug-likeness (QED) is 0.780. The van der Waals surface area contributed by atoms with E-state index >= 15 is 0 Å². The fourth-order valence-corrected chi connectivity index (χ4v) is 3.57. The summed E-state index contributed by atoms with van der Waals surface area (Å²) >= 11 is 0. The molecule has 4 rings (SSSR count). The van der Waals surface area contributed by atoms with Crippen LogP contribution in [0.15, 0.2) is 6.20 Å². The highest BCUT2D eigenvalue weighted by molar-refractivity contribution is 6.04. The van der Waals surface area contributed by atoms with E-state index in [9.17, 15) is 14.4 Å². The number of carbonyl (C=O) groups excluding carboxylic acids is 3. The van der Waals surface area contributed by atoms with Crippen molar-refractivity contribution in [2.75, 3.05) is 18.0 Å². The van der Waals surface area contributed by atoms with Crippen molar-refractivity contribution in [1.29, 1.82) is 0 Å². The number of amides is 3. The predicted octanol–water partition coefficient (Wildman–Crippen LogP) is 0.228. The molecule has 0 radical (unpaired) electrons. The van der Waals surface area contributed by atoms with Crippen LogP contribution < -0.4 is 10.2 Å². The Morgan fingerprint density at radius 2 is 1.92 bits per heavy atom. The molecule has 126 valence electrons. The molecule has 1 atom stereocenters. The summed E-state index contributed by atoms with van der Waals surface area (Å²) in [5, 5.41) is 2.30. The molecule has 1 aromatic rings. The van der Waals surface area contributed by atoms with Gasteiger partial charge in [0.05, 0.1) is 6.54 Å². The van der Waals surface area contributed by atoms with E-state index in [0.717, 1.165) is 31.5 Å². The van der Waals surface area contributed by atoms with E-state index in [1.54, 1.807) is 6.20 Å². The van der Waals surface area contributed by atoms with Gasteiger partial charge in [0.25, 0.3) is 5.91 Å². The van der Waals surface area contributed by atoms with Gasteiger partial charge in [-0.05, 0) is 25.7 Å². The number of aromatic nitrogens is 2. The Morgan fingerprint density at radius 3 is 2.67 bits per heavy atom. The Balaban J connectivity index is 1.56. The largest absolute Gasteiger partial charge is 0.341 e. The molecular formula is C16H19N5O3. The third-order valence-corrected chi connectivity index (χ3v) is 4.88. The lowest BCUT2D eigenvalue weighted by Gasteiger charge is -2.29. The third-order valence-electron chi connectivity index (χ3n) is 4.88. The van der Waals surface area contributed by atoms with Crippen LogP contribution in [0.4, 0.5) is 5.95 Å². The fraction of sp³-hybridized carbons (Fsp3) is 0.562. The van der Waals surface area contributed by atoms with E-state index in [1.807, 2.05) is 0 Å². The van der Waals surface area contributed by atoms with Gasteiger partial charge in [-0.3, -0.25) is 19.7 Å². The number of hydrogen-bond donors (Lipinski definition) is 1. The zero-order valence-corrected chi connectivity index (χ0v) is 13.3. The molecule has 2 saturated heterocycles. The Morgan fingerprint density at radius 1 is 1.12 bits per heavy atom. The van der Waals surface area contributed by atoms with Gasteiger partial charge < -0.3 is 9.80 Å². The summed E-state index contributed by atoms with van der Waals surface area (Å²) in [5.41, 5.74) is 1.13. The first-order valence-corrected chi connectivity index (χ1v) is 8.39. The van der Waals surface area contributed by atoms with Gasteiger partial charge >= 0.3 is 0 Å². The van der Waals surface area contributed by atoms with Crippen LogP contribution >= 0.6 is 0 Å². The second-order valence-electron chi connectivity index (χ2n) is 6.49. The highest BCUT2D eigenvalue weighted by atomic mass is 16.2. The van der Waals surface area contributed by atoms with Crippen molar-refractivity contribution in [2.24, 2.45) is 0 Å². The van der Waals surface area contributed by atoms with Gasteiger partial charge in [-0.1, -0.05) is 0 Å². The second kappa shape index (κ2) is 5.85. The topological polar surface area (TPSA) is 95.5 Å². The van der Waals surface area contributed by atoms with Gasteiger partial charge in [-0.15, -0.1) is 0 Å². The average Bonchev–Trinajstić information content (AvgIpc) is 2.92. The van der Waals surface area contributed by atoms with Gasteiger partial charge in [-0.2, -0.15) is 0 Å². The minimum atomic E-state index is -0.608. The molecule has 0 aromatic carbocycles. The number of anilines is 1. The maximum absolute atomic E-state index is 12.7. The molecular weight excluding hydrogens is 310 g/mol. The standard InChI is InChI=1S/C16H19N5O3/c22-12-5-4-11(14(23)18-12)21-9-10-8-17-16(19-13(10)15(21)24)20-6-2-1-3-7-20/h8,11H,1-7,9H2,(H,18,22,23). The lowest BCUT2D eigenvalue weighted by atomic mass is 10.0. The molecule has 2 fully saturated rings. The minimum Gasteiger partial charge on any atom is -0.341 e. The predicted molar refractivity (Wildman–Crippen MR) is 84.1 cm³/mol. The number of fused-ring (bicyclic) bond motifs is 1. The van der Waals surface area contributed by atoms with Gasteiger partial charge in [-0.25, -0.2) is 9.97 Å². The molecule has 3 aliphatic rings. The molecule has 1 aromatic heterocycles. The number of rotatable bonds is 2. The van der Waals surface area contributed by atoms with E-state index < -0.39 is 11.9 Å². The molecule has 4 heterocycles. The van der Waals surface area contributed by atoms with E-state index in [-0.39, 0.29) is 18.2 Å². The molecule has 0 bridgehead atoms. The smallest absolute Gasteiger partial charge is 0.274 e. The van der Waals surface area contributed by atoms with Crippen molar-refractivity contribution in [3.8, 4) is 0 Å². The average molecular weight is 329 g/mol. The van der Waals surface area contributed by atoms with Gasteiger partial charge in [0, 0.05) is 31.3 Å². The summed E-state index contributed by atoms with van der Waals surface area (Å²) in [6.45, 7) is 2.13. The summed E-state index contributed by atoms with van der Waals surface area (Å²) in [5.74, 6) is -0.351. The molecule has 8 heteroatoms. The first-order chi connectivity index (χ1) is 11.6. The molecule has 24 heavy (non-hydrogen) atoms. The lowest BCUT2D eigenvalue weighted by molar-refractivity contribution is -0.136. The van der Waals surface area contributed by atoms with Crippen LogP contribution in [-0.4, -0.2) is 51.7 Å². The van der Waals surface area contributed by atoms with E-state index in [0.29, 0.717) is 24.6 Å². The SMILES string of the molecule is O=C1CCC(N2Cc3cnc(N4CCCCC4)nc3C2=O)C(=O)N1. The van der Waals surface area contributed by atoms with E-state index in [1.165, 1.54) is 11.3 Å². The Bertz CT molecular complexity index is 714. The first-order valence-electron chi connectivity index (χ1n) is 8.39. The first kappa shape index (κ1) is 15.0. The van der Waals surface area contributed by atoms with Crippen LogP contribution in [0.5, 0.6) is 0 Å². The lowest BCUT2D eigenvalue weighted by Crippen LogP contribution is -2.52. The third kappa shape index (κ3) is 2.51. The molecule has 1 unspecified atom stereocenters. The second-order valence-corrected chi connectivity index (χ2v) is 6.49. The summed E-state index contributed by atoms with van der Waals surface area (Å²) in [6.07, 6.45) is 5.73. The van der Waals surface area contributed by atoms with Crippen LogP contribution in [0, 0.1) is 0 Å². The zero-order valence-electron chi connectivity index (χ0n) is 13.3. The van der Waals surface area contributed by atoms with Crippen LogP contribution in [0.2, 0.25) is 0 Å². The van der Waals surface area contributed by atoms with E-state index in [2.05, 4.69) is 20.2 Å². The number of nitrogens with zero attached hydrogens (tertiary/aromatic N) is 4. The molecule has 1 N–H and O–H groups in total. The fourth-order valence-electron chi connectivity index (χ4n) is 3.57. The highest BCUT2D eigenvalue weighted by Crippen LogP contribution is 2.27. The summed E-state index contributed by atoms with van der Waals surface area (Å²) in [4.78, 5) is 48.5. The number of nitrogens with one attached hydrogen (secondary N) is 1. The van der Waals surface area contributed by atoms with Crippen LogP contribution in [0.3, 0.4) is 0 Å². The number of imide groups is 1. The van der Waals surface area contributed by atoms with Crippen molar-refractivity contribution < 1.29 is 14.4 Å². The number of hydrogen-bond acceptors (Lipinski definition) is 6. The van der Waals surface area contributed by atoms with Gasteiger partial charge in [0.2, 0.25) is 17.8 Å². The zero-order chi connectivity index (χ0) is 16.7. The molecule has 0 aliphatic carbocycles. The Labute approximate surface area is 139 Å². The highest BCUT2D eigenvalue weighted by Gasteiger charge is 2.40. The summed E-state index contributed by atoms with van der Waals surface area (Å²) in [6, 6.07) is -0.608. The Kier molecular flexibility index (Phi) is 3.66. The van der Waals surface area contributed by atoms with Gasteiger partial charge in [0.15, 0.2) is 0 Å². The Hall–Kier alpha value is -2.51. The van der Waals surface area contributed by atoms with E-state index in [4.69, 9.17) is 0 Å². The molecule has 3 amide bonds. The van der Waals surface area contributed by atoms with Crippen molar-refractivity contribution in [2.45, 2.75) is 44.7 Å². The minimum absolute atomic E-state index is 0.250. The van der Waals surface area contributed by atoms with Crippen molar-refractivity contribution in [3.05, 3.63) is 17.5 Å². The molecule has 0 spiro atoms. The summed E-state index contributed by atoms with van der Waals surface area (Å²) in [7, 11) is 0. The number of piperidine rings is 2. The number of carbonyl (C=O) groups is 3.